The molecule has 17 heavy (non-hydrogen) atoms. The number of rotatable bonds is 3. The first-order valence-electron chi connectivity index (χ1n) is 5.52. The Bertz CT molecular complexity index is 328. The van der Waals surface area contributed by atoms with Crippen LogP contribution in [0, 0.1) is 0 Å². The highest BCUT2D eigenvalue weighted by Crippen LogP contribution is 2.29. The Balaban J connectivity index is 2.15. The number of aliphatic hydroxyl groups excluding tert-OH is 3. The summed E-state index contributed by atoms with van der Waals surface area (Å²) in [7, 11) is 0. The Morgan fingerprint density at radius 3 is 1.94 bits per heavy atom. The fourth-order valence-electron chi connectivity index (χ4n) is 1.82. The van der Waals surface area contributed by atoms with Gasteiger partial charge in [-0.2, -0.15) is 0 Å². The molecule has 94 valence electrons. The third kappa shape index (κ3) is 2.65. The topological polar surface area (TPSA) is 79.2 Å². The lowest BCUT2D eigenvalue weighted by Crippen LogP contribution is -2.50. The van der Waals surface area contributed by atoms with Gasteiger partial charge in [0.05, 0.1) is 13.2 Å². The third-order valence-corrected chi connectivity index (χ3v) is 2.79. The predicted octanol–water partition coefficient (Wildman–Crippen LogP) is -0.185. The summed E-state index contributed by atoms with van der Waals surface area (Å²) in [6.07, 6.45) is -3.18. The van der Waals surface area contributed by atoms with Crippen LogP contribution in [0.4, 0.5) is 0 Å². The molecule has 2 unspecified atom stereocenters. The Morgan fingerprint density at radius 1 is 0.941 bits per heavy atom. The van der Waals surface area contributed by atoms with Gasteiger partial charge in [-0.3, -0.25) is 0 Å². The Hall–Kier alpha value is -0.980. The molecule has 2 atom stereocenters. The van der Waals surface area contributed by atoms with Crippen molar-refractivity contribution in [1.82, 2.24) is 0 Å². The molecule has 3 N–H and O–H groups in total. The van der Waals surface area contributed by atoms with E-state index < -0.39 is 24.6 Å². The Kier molecular flexibility index (Phi) is 4.09. The molecule has 0 radical (unpaired) electrons. The molecule has 1 aliphatic heterocycles. The summed E-state index contributed by atoms with van der Waals surface area (Å²) in [6, 6.07) is 9.20. The highest BCUT2D eigenvalue weighted by Gasteiger charge is 2.38. The average Bonchev–Trinajstić information content (AvgIpc) is 2.40. The van der Waals surface area contributed by atoms with E-state index in [4.69, 9.17) is 19.7 Å². The summed E-state index contributed by atoms with van der Waals surface area (Å²) in [5.74, 6) is 0. The molecule has 1 saturated heterocycles. The van der Waals surface area contributed by atoms with E-state index in [2.05, 4.69) is 0 Å². The zero-order valence-corrected chi connectivity index (χ0v) is 9.27. The zero-order chi connectivity index (χ0) is 12.3. The number of benzene rings is 1. The lowest BCUT2D eigenvalue weighted by molar-refractivity contribution is -0.298. The third-order valence-electron chi connectivity index (χ3n) is 2.79. The maximum Gasteiger partial charge on any atom is 0.184 e. The van der Waals surface area contributed by atoms with Crippen molar-refractivity contribution in [2.45, 2.75) is 24.6 Å². The van der Waals surface area contributed by atoms with Crippen LogP contribution in [0.2, 0.25) is 0 Å². The minimum Gasteiger partial charge on any atom is -0.394 e. The first-order chi connectivity index (χ1) is 8.26. The van der Waals surface area contributed by atoms with Crippen LogP contribution in [-0.4, -0.2) is 46.8 Å². The van der Waals surface area contributed by atoms with Gasteiger partial charge in [0.2, 0.25) is 0 Å². The maximum absolute atomic E-state index is 9.72. The van der Waals surface area contributed by atoms with Gasteiger partial charge >= 0.3 is 0 Å². The molecular weight excluding hydrogens is 224 g/mol. The molecule has 2 rings (SSSR count). The summed E-state index contributed by atoms with van der Waals surface area (Å²) in [4.78, 5) is 0. The Morgan fingerprint density at radius 2 is 1.47 bits per heavy atom. The van der Waals surface area contributed by atoms with Crippen molar-refractivity contribution in [1.29, 1.82) is 0 Å². The van der Waals surface area contributed by atoms with Crippen LogP contribution in [-0.2, 0) is 9.47 Å². The fraction of sp³-hybridized carbons (Fsp3) is 0.500. The largest absolute Gasteiger partial charge is 0.394 e. The fourth-order valence-corrected chi connectivity index (χ4v) is 1.82. The normalized spacial score (nSPS) is 33.6. The van der Waals surface area contributed by atoms with Crippen molar-refractivity contribution in [3.05, 3.63) is 35.9 Å². The van der Waals surface area contributed by atoms with Gasteiger partial charge in [0.25, 0.3) is 0 Å². The number of hydrogen-bond acceptors (Lipinski definition) is 5. The van der Waals surface area contributed by atoms with Gasteiger partial charge in [0, 0.05) is 5.56 Å². The molecule has 0 spiro atoms. The second-order valence-corrected chi connectivity index (χ2v) is 3.95. The van der Waals surface area contributed by atoms with E-state index in [9.17, 15) is 5.11 Å². The second-order valence-electron chi connectivity index (χ2n) is 3.95. The molecule has 0 saturated carbocycles. The molecule has 1 aromatic carbocycles. The summed E-state index contributed by atoms with van der Waals surface area (Å²) in [5, 5.41) is 28.0. The first kappa shape index (κ1) is 12.5. The van der Waals surface area contributed by atoms with Crippen LogP contribution in [0.5, 0.6) is 0 Å². The summed E-state index contributed by atoms with van der Waals surface area (Å²) in [6.45, 7) is -0.630. The first-order valence-corrected chi connectivity index (χ1v) is 5.52. The SMILES string of the molecule is OCC1OC(c2ccccc2)OC(CO)C1O. The van der Waals surface area contributed by atoms with Crippen LogP contribution < -0.4 is 0 Å². The molecule has 1 heterocycles. The molecule has 1 aliphatic rings. The molecule has 0 aromatic heterocycles. The van der Waals surface area contributed by atoms with Crippen molar-refractivity contribution in [3.63, 3.8) is 0 Å². The van der Waals surface area contributed by atoms with Gasteiger partial charge < -0.3 is 24.8 Å². The van der Waals surface area contributed by atoms with E-state index in [0.717, 1.165) is 5.56 Å². The standard InChI is InChI=1S/C12H16O5/c13-6-9-11(15)10(7-14)17-12(16-9)8-4-2-1-3-5-8/h1-5,9-15H,6-7H2. The molecular formula is C12H16O5. The predicted molar refractivity (Wildman–Crippen MR) is 59.1 cm³/mol. The van der Waals surface area contributed by atoms with Crippen LogP contribution in [0.15, 0.2) is 30.3 Å². The van der Waals surface area contributed by atoms with E-state index in [-0.39, 0.29) is 13.2 Å². The van der Waals surface area contributed by atoms with E-state index in [1.165, 1.54) is 0 Å². The quantitative estimate of drug-likeness (QED) is 0.682. The highest BCUT2D eigenvalue weighted by molar-refractivity contribution is 5.16. The number of ether oxygens (including phenoxy) is 2. The van der Waals surface area contributed by atoms with Gasteiger partial charge in [-0.05, 0) is 0 Å². The summed E-state index contributed by atoms with van der Waals surface area (Å²) < 4.78 is 10.9. The van der Waals surface area contributed by atoms with Gasteiger partial charge in [0.1, 0.15) is 18.3 Å². The average molecular weight is 240 g/mol. The number of aliphatic hydroxyl groups is 3. The molecule has 5 heteroatoms. The van der Waals surface area contributed by atoms with Gasteiger partial charge in [-0.1, -0.05) is 30.3 Å². The van der Waals surface area contributed by atoms with Gasteiger partial charge in [-0.15, -0.1) is 0 Å². The summed E-state index contributed by atoms with van der Waals surface area (Å²) in [5.41, 5.74) is 0.788. The second kappa shape index (κ2) is 5.57. The number of hydrogen-bond donors (Lipinski definition) is 3. The zero-order valence-electron chi connectivity index (χ0n) is 9.27. The lowest BCUT2D eigenvalue weighted by Gasteiger charge is -2.38. The van der Waals surface area contributed by atoms with Gasteiger partial charge in [-0.25, -0.2) is 0 Å². The molecule has 0 aliphatic carbocycles. The van der Waals surface area contributed by atoms with E-state index in [0.29, 0.717) is 0 Å². The van der Waals surface area contributed by atoms with Crippen LogP contribution in [0.3, 0.4) is 0 Å². The van der Waals surface area contributed by atoms with Crippen molar-refractivity contribution in [3.8, 4) is 0 Å². The highest BCUT2D eigenvalue weighted by atomic mass is 16.7. The molecule has 0 bridgehead atoms. The Labute approximate surface area is 99.2 Å². The van der Waals surface area contributed by atoms with Crippen molar-refractivity contribution >= 4 is 0 Å². The minimum atomic E-state index is -1.02. The molecule has 1 fully saturated rings. The van der Waals surface area contributed by atoms with Crippen LogP contribution in [0.25, 0.3) is 0 Å². The van der Waals surface area contributed by atoms with E-state index >= 15 is 0 Å². The van der Waals surface area contributed by atoms with Gasteiger partial charge in [0.15, 0.2) is 6.29 Å². The van der Waals surface area contributed by atoms with Crippen molar-refractivity contribution in [2.75, 3.05) is 13.2 Å². The smallest absolute Gasteiger partial charge is 0.184 e. The van der Waals surface area contributed by atoms with Crippen molar-refractivity contribution in [2.24, 2.45) is 0 Å². The van der Waals surface area contributed by atoms with Crippen LogP contribution in [0.1, 0.15) is 11.9 Å². The molecule has 5 nitrogen and oxygen atoms in total. The lowest BCUT2D eigenvalue weighted by atomic mass is 10.1. The van der Waals surface area contributed by atoms with E-state index in [1.807, 2.05) is 30.3 Å². The van der Waals surface area contributed by atoms with E-state index in [1.54, 1.807) is 0 Å². The summed E-state index contributed by atoms with van der Waals surface area (Å²) >= 11 is 0. The minimum absolute atomic E-state index is 0.315. The molecule has 0 amide bonds. The van der Waals surface area contributed by atoms with Crippen LogP contribution >= 0.6 is 0 Å². The maximum atomic E-state index is 9.72. The molecule has 1 aromatic rings. The van der Waals surface area contributed by atoms with Crippen molar-refractivity contribution < 1.29 is 24.8 Å². The monoisotopic (exact) mass is 240 g/mol.